The first-order valence-corrected chi connectivity index (χ1v) is 5.51. The average Bonchev–Trinajstić information content (AvgIpc) is 2.76. The Morgan fingerprint density at radius 3 is 2.40 bits per heavy atom. The van der Waals surface area contributed by atoms with Crippen LogP contribution in [0, 0.1) is 19.8 Å². The van der Waals surface area contributed by atoms with Crippen molar-refractivity contribution in [3.05, 3.63) is 23.2 Å². The second kappa shape index (κ2) is 5.04. The molecule has 1 saturated carbocycles. The van der Waals surface area contributed by atoms with Crippen molar-refractivity contribution in [1.82, 2.24) is 0 Å². The molecular formula is C12H20ClNO. The van der Waals surface area contributed by atoms with Gasteiger partial charge in [-0.3, -0.25) is 0 Å². The maximum Gasteiger partial charge on any atom is 0.121 e. The van der Waals surface area contributed by atoms with Gasteiger partial charge in [-0.1, -0.05) is 12.8 Å². The lowest BCUT2D eigenvalue weighted by Gasteiger charge is -2.15. The van der Waals surface area contributed by atoms with E-state index in [0.717, 1.165) is 11.5 Å². The Balaban J connectivity index is 0.00000112. The largest absolute Gasteiger partial charge is 0.464 e. The van der Waals surface area contributed by atoms with E-state index < -0.39 is 0 Å². The van der Waals surface area contributed by atoms with E-state index in [0.29, 0.717) is 5.92 Å². The maximum absolute atomic E-state index is 6.19. The fourth-order valence-corrected chi connectivity index (χ4v) is 2.31. The van der Waals surface area contributed by atoms with Crippen molar-refractivity contribution < 1.29 is 4.42 Å². The van der Waals surface area contributed by atoms with Crippen LogP contribution in [-0.2, 0) is 0 Å². The van der Waals surface area contributed by atoms with E-state index in [1.165, 1.54) is 31.2 Å². The van der Waals surface area contributed by atoms with Gasteiger partial charge in [0.25, 0.3) is 0 Å². The van der Waals surface area contributed by atoms with Crippen molar-refractivity contribution in [3.63, 3.8) is 0 Å². The van der Waals surface area contributed by atoms with E-state index in [1.54, 1.807) is 0 Å². The number of rotatable bonds is 2. The summed E-state index contributed by atoms with van der Waals surface area (Å²) in [5.74, 6) is 2.63. The van der Waals surface area contributed by atoms with Crippen LogP contribution in [0.4, 0.5) is 0 Å². The fourth-order valence-electron chi connectivity index (χ4n) is 2.31. The van der Waals surface area contributed by atoms with E-state index in [9.17, 15) is 0 Å². The molecule has 2 rings (SSSR count). The molecule has 0 spiro atoms. The standard InChI is InChI=1S/C12H19NO.ClH/c1-8-7-11(14-9(8)2)12(13)10-5-3-4-6-10;/h7,10,12H,3-6,13H2,1-2H3;1H/t12-;/m0./s1. The van der Waals surface area contributed by atoms with Gasteiger partial charge in [-0.05, 0) is 44.2 Å². The molecule has 0 aliphatic heterocycles. The van der Waals surface area contributed by atoms with Gasteiger partial charge in [-0.2, -0.15) is 0 Å². The molecule has 1 aromatic rings. The third kappa shape index (κ3) is 2.56. The lowest BCUT2D eigenvalue weighted by Crippen LogP contribution is -2.18. The molecule has 0 amide bonds. The Morgan fingerprint density at radius 1 is 1.33 bits per heavy atom. The molecule has 2 nitrogen and oxygen atoms in total. The van der Waals surface area contributed by atoms with Gasteiger partial charge in [0.2, 0.25) is 0 Å². The molecule has 86 valence electrons. The zero-order chi connectivity index (χ0) is 10.1. The van der Waals surface area contributed by atoms with Crippen LogP contribution in [0.15, 0.2) is 10.5 Å². The van der Waals surface area contributed by atoms with Crippen molar-refractivity contribution in [2.75, 3.05) is 0 Å². The van der Waals surface area contributed by atoms with Gasteiger partial charge in [0, 0.05) is 0 Å². The molecule has 1 heterocycles. The lowest BCUT2D eigenvalue weighted by molar-refractivity contribution is 0.361. The SMILES string of the molecule is Cc1cc([C@@H](N)C2CCCC2)oc1C.Cl. The third-order valence-electron chi connectivity index (χ3n) is 3.42. The van der Waals surface area contributed by atoms with Gasteiger partial charge < -0.3 is 10.2 Å². The Labute approximate surface area is 97.6 Å². The molecule has 0 aromatic carbocycles. The van der Waals surface area contributed by atoms with Gasteiger partial charge >= 0.3 is 0 Å². The van der Waals surface area contributed by atoms with Crippen LogP contribution in [0.25, 0.3) is 0 Å². The third-order valence-corrected chi connectivity index (χ3v) is 3.42. The van der Waals surface area contributed by atoms with E-state index >= 15 is 0 Å². The zero-order valence-electron chi connectivity index (χ0n) is 9.45. The van der Waals surface area contributed by atoms with Crippen molar-refractivity contribution in [2.45, 2.75) is 45.6 Å². The highest BCUT2D eigenvalue weighted by Crippen LogP contribution is 2.35. The Hall–Kier alpha value is -0.470. The summed E-state index contributed by atoms with van der Waals surface area (Å²) in [4.78, 5) is 0. The van der Waals surface area contributed by atoms with Gasteiger partial charge in [-0.15, -0.1) is 12.4 Å². The molecule has 1 fully saturated rings. The summed E-state index contributed by atoms with van der Waals surface area (Å²) in [6.07, 6.45) is 5.19. The minimum Gasteiger partial charge on any atom is -0.464 e. The highest BCUT2D eigenvalue weighted by molar-refractivity contribution is 5.85. The molecule has 0 saturated heterocycles. The summed E-state index contributed by atoms with van der Waals surface area (Å²) in [7, 11) is 0. The summed E-state index contributed by atoms with van der Waals surface area (Å²) in [6, 6.07) is 2.21. The van der Waals surface area contributed by atoms with Crippen LogP contribution < -0.4 is 5.73 Å². The normalized spacial score (nSPS) is 18.9. The summed E-state index contributed by atoms with van der Waals surface area (Å²) in [5.41, 5.74) is 7.40. The topological polar surface area (TPSA) is 39.2 Å². The van der Waals surface area contributed by atoms with E-state index in [2.05, 4.69) is 13.0 Å². The summed E-state index contributed by atoms with van der Waals surface area (Å²) in [5, 5.41) is 0. The minimum absolute atomic E-state index is 0. The summed E-state index contributed by atoms with van der Waals surface area (Å²) in [6.45, 7) is 4.07. The van der Waals surface area contributed by atoms with Crippen molar-refractivity contribution in [2.24, 2.45) is 11.7 Å². The maximum atomic E-state index is 6.19. The van der Waals surface area contributed by atoms with Crippen molar-refractivity contribution in [1.29, 1.82) is 0 Å². The second-order valence-electron chi connectivity index (χ2n) is 4.46. The molecule has 0 radical (unpaired) electrons. The predicted molar refractivity (Wildman–Crippen MR) is 64.3 cm³/mol. The molecule has 3 heteroatoms. The van der Waals surface area contributed by atoms with Crippen molar-refractivity contribution in [3.8, 4) is 0 Å². The molecule has 1 aliphatic rings. The fraction of sp³-hybridized carbons (Fsp3) is 0.667. The number of nitrogens with two attached hydrogens (primary N) is 1. The van der Waals surface area contributed by atoms with Gasteiger partial charge in [-0.25, -0.2) is 0 Å². The highest BCUT2D eigenvalue weighted by atomic mass is 35.5. The monoisotopic (exact) mass is 229 g/mol. The first-order valence-electron chi connectivity index (χ1n) is 5.51. The smallest absolute Gasteiger partial charge is 0.121 e. The number of halogens is 1. The molecule has 2 N–H and O–H groups in total. The van der Waals surface area contributed by atoms with Gasteiger partial charge in [0.1, 0.15) is 11.5 Å². The lowest BCUT2D eigenvalue weighted by atomic mass is 9.97. The first-order chi connectivity index (χ1) is 6.68. The number of furan rings is 1. The predicted octanol–water partition coefficient (Wildman–Crippen LogP) is 3.51. The van der Waals surface area contributed by atoms with E-state index in [-0.39, 0.29) is 18.4 Å². The Morgan fingerprint density at radius 2 is 1.93 bits per heavy atom. The quantitative estimate of drug-likeness (QED) is 0.843. The van der Waals surface area contributed by atoms with Crippen LogP contribution >= 0.6 is 12.4 Å². The molecule has 0 bridgehead atoms. The van der Waals surface area contributed by atoms with E-state index in [4.69, 9.17) is 10.2 Å². The number of hydrogen-bond acceptors (Lipinski definition) is 2. The first kappa shape index (κ1) is 12.6. The molecular weight excluding hydrogens is 210 g/mol. The highest BCUT2D eigenvalue weighted by Gasteiger charge is 2.25. The number of aryl methyl sites for hydroxylation is 2. The zero-order valence-corrected chi connectivity index (χ0v) is 10.3. The van der Waals surface area contributed by atoms with E-state index in [1.807, 2.05) is 6.92 Å². The molecule has 1 atom stereocenters. The Bertz CT molecular complexity index is 296. The van der Waals surface area contributed by atoms with Gasteiger partial charge in [0.15, 0.2) is 0 Å². The van der Waals surface area contributed by atoms with Crippen LogP contribution in [0.2, 0.25) is 0 Å². The van der Waals surface area contributed by atoms with Crippen LogP contribution in [0.5, 0.6) is 0 Å². The molecule has 1 aromatic heterocycles. The summed E-state index contributed by atoms with van der Waals surface area (Å²) < 4.78 is 5.66. The van der Waals surface area contributed by atoms with Crippen LogP contribution in [0.1, 0.15) is 48.8 Å². The molecule has 15 heavy (non-hydrogen) atoms. The number of hydrogen-bond donors (Lipinski definition) is 1. The van der Waals surface area contributed by atoms with Crippen molar-refractivity contribution >= 4 is 12.4 Å². The average molecular weight is 230 g/mol. The second-order valence-corrected chi connectivity index (χ2v) is 4.46. The summed E-state index contributed by atoms with van der Waals surface area (Å²) >= 11 is 0. The Kier molecular flexibility index (Phi) is 4.23. The minimum atomic E-state index is 0. The molecule has 0 unspecified atom stereocenters. The van der Waals surface area contributed by atoms with Crippen LogP contribution in [0.3, 0.4) is 0 Å². The molecule has 1 aliphatic carbocycles. The van der Waals surface area contributed by atoms with Gasteiger partial charge in [0.05, 0.1) is 6.04 Å². The van der Waals surface area contributed by atoms with Crippen LogP contribution in [-0.4, -0.2) is 0 Å².